The summed E-state index contributed by atoms with van der Waals surface area (Å²) in [6.45, 7) is 4.38. The van der Waals surface area contributed by atoms with Crippen LogP contribution in [0.25, 0.3) is 5.69 Å². The number of para-hydroxylation sites is 1. The first-order valence-corrected chi connectivity index (χ1v) is 9.98. The molecule has 1 aliphatic heterocycles. The van der Waals surface area contributed by atoms with Crippen molar-refractivity contribution in [3.05, 3.63) is 41.6 Å². The van der Waals surface area contributed by atoms with Crippen LogP contribution in [0.1, 0.15) is 37.4 Å². The molecule has 0 saturated carbocycles. The molecule has 1 aromatic carbocycles. The third-order valence-electron chi connectivity index (χ3n) is 5.14. The number of nitrogen functional groups attached to an aromatic ring is 1. The number of aryl methyl sites for hydroxylation is 1. The van der Waals surface area contributed by atoms with Gasteiger partial charge in [-0.2, -0.15) is 10.4 Å². The Hall–Kier alpha value is -3.05. The summed E-state index contributed by atoms with van der Waals surface area (Å²) in [5.74, 6) is 1.13. The second kappa shape index (κ2) is 9.43. The molecule has 1 unspecified atom stereocenters. The van der Waals surface area contributed by atoms with Gasteiger partial charge in [0.05, 0.1) is 17.0 Å². The van der Waals surface area contributed by atoms with Crippen LogP contribution in [0.2, 0.25) is 0 Å². The fraction of sp³-hybridized carbons (Fsp3) is 0.476. The van der Waals surface area contributed by atoms with E-state index in [0.29, 0.717) is 30.0 Å². The Morgan fingerprint density at radius 3 is 2.83 bits per heavy atom. The van der Waals surface area contributed by atoms with Crippen LogP contribution in [0.15, 0.2) is 35.3 Å². The van der Waals surface area contributed by atoms with E-state index in [9.17, 15) is 5.26 Å². The van der Waals surface area contributed by atoms with Gasteiger partial charge >= 0.3 is 0 Å². The molecule has 2 aromatic rings. The highest BCUT2D eigenvalue weighted by Gasteiger charge is 2.29. The summed E-state index contributed by atoms with van der Waals surface area (Å²) in [6, 6.07) is 11.8. The third-order valence-corrected chi connectivity index (χ3v) is 5.14. The Balaban J connectivity index is 1.53. The van der Waals surface area contributed by atoms with Crippen LogP contribution >= 0.6 is 0 Å². The van der Waals surface area contributed by atoms with Crippen LogP contribution in [0.5, 0.6) is 0 Å². The van der Waals surface area contributed by atoms with Crippen molar-refractivity contribution in [2.24, 2.45) is 4.99 Å². The minimum Gasteiger partial charge on any atom is -0.382 e. The van der Waals surface area contributed by atoms with Crippen molar-refractivity contribution in [1.29, 1.82) is 5.26 Å². The normalized spacial score (nSPS) is 19.1. The number of benzene rings is 1. The minimum atomic E-state index is -0.124. The number of rotatable bonds is 7. The Morgan fingerprint density at radius 2 is 2.17 bits per heavy atom. The van der Waals surface area contributed by atoms with Gasteiger partial charge in [0.2, 0.25) is 0 Å². The molecular formula is C21H29N7O. The summed E-state index contributed by atoms with van der Waals surface area (Å²) >= 11 is 0. The molecule has 1 aliphatic rings. The maximum absolute atomic E-state index is 9.50. The quantitative estimate of drug-likeness (QED) is 0.375. The number of aromatic nitrogens is 2. The fourth-order valence-electron chi connectivity index (χ4n) is 3.47. The molecule has 4 N–H and O–H groups in total. The lowest BCUT2D eigenvalue weighted by atomic mass is 10.0. The molecule has 0 amide bonds. The van der Waals surface area contributed by atoms with Gasteiger partial charge in [-0.05, 0) is 44.7 Å². The molecule has 29 heavy (non-hydrogen) atoms. The molecule has 0 spiro atoms. The molecule has 1 atom stereocenters. The van der Waals surface area contributed by atoms with Crippen molar-refractivity contribution in [2.45, 2.75) is 38.2 Å². The zero-order chi connectivity index (χ0) is 20.7. The number of hydrogen-bond acceptors (Lipinski definition) is 5. The van der Waals surface area contributed by atoms with E-state index < -0.39 is 0 Å². The van der Waals surface area contributed by atoms with Gasteiger partial charge in [0.25, 0.3) is 0 Å². The first-order valence-electron chi connectivity index (χ1n) is 9.98. The van der Waals surface area contributed by atoms with E-state index in [4.69, 9.17) is 10.5 Å². The summed E-state index contributed by atoms with van der Waals surface area (Å²) in [5.41, 5.74) is 8.04. The molecule has 2 heterocycles. The van der Waals surface area contributed by atoms with Crippen LogP contribution in [0.4, 0.5) is 5.82 Å². The number of hydrogen-bond donors (Lipinski definition) is 3. The summed E-state index contributed by atoms with van der Waals surface area (Å²) in [4.78, 5) is 4.26. The molecule has 1 fully saturated rings. The van der Waals surface area contributed by atoms with E-state index in [1.807, 2.05) is 30.3 Å². The average Bonchev–Trinajstić information content (AvgIpc) is 3.31. The van der Waals surface area contributed by atoms with E-state index >= 15 is 0 Å². The van der Waals surface area contributed by atoms with Gasteiger partial charge in [-0.3, -0.25) is 4.99 Å². The SMILES string of the molecule is CN=C(NCCCc1nn(-c2ccccc2)c(N)c1C#N)NCC1(C)CCCO1. The highest BCUT2D eigenvalue weighted by Crippen LogP contribution is 2.24. The summed E-state index contributed by atoms with van der Waals surface area (Å²) < 4.78 is 7.43. The Bertz CT molecular complexity index is 876. The van der Waals surface area contributed by atoms with Crippen molar-refractivity contribution in [3.8, 4) is 11.8 Å². The number of nitrogens with two attached hydrogens (primary N) is 1. The molecule has 0 aliphatic carbocycles. The highest BCUT2D eigenvalue weighted by atomic mass is 16.5. The molecule has 0 radical (unpaired) electrons. The van der Waals surface area contributed by atoms with Gasteiger partial charge < -0.3 is 21.1 Å². The number of nitriles is 1. The van der Waals surface area contributed by atoms with E-state index in [1.165, 1.54) is 0 Å². The Kier molecular flexibility index (Phi) is 6.73. The van der Waals surface area contributed by atoms with Gasteiger partial charge in [0.15, 0.2) is 5.96 Å². The van der Waals surface area contributed by atoms with Crippen molar-refractivity contribution in [2.75, 3.05) is 32.5 Å². The minimum absolute atomic E-state index is 0.124. The predicted molar refractivity (Wildman–Crippen MR) is 114 cm³/mol. The van der Waals surface area contributed by atoms with Gasteiger partial charge in [0.1, 0.15) is 17.5 Å². The molecule has 8 heteroatoms. The molecule has 154 valence electrons. The summed E-state index contributed by atoms with van der Waals surface area (Å²) in [5, 5.41) is 20.7. The van der Waals surface area contributed by atoms with Crippen molar-refractivity contribution in [3.63, 3.8) is 0 Å². The van der Waals surface area contributed by atoms with Crippen LogP contribution < -0.4 is 16.4 Å². The first-order chi connectivity index (χ1) is 14.1. The average molecular weight is 396 g/mol. The van der Waals surface area contributed by atoms with Crippen LogP contribution in [-0.2, 0) is 11.2 Å². The van der Waals surface area contributed by atoms with E-state index in [2.05, 4.69) is 33.7 Å². The summed E-state index contributed by atoms with van der Waals surface area (Å²) in [6.07, 6.45) is 3.61. The lowest BCUT2D eigenvalue weighted by Crippen LogP contribution is -2.45. The zero-order valence-corrected chi connectivity index (χ0v) is 17.1. The molecule has 3 rings (SSSR count). The molecule has 1 saturated heterocycles. The van der Waals surface area contributed by atoms with Gasteiger partial charge in [0, 0.05) is 26.7 Å². The molecule has 8 nitrogen and oxygen atoms in total. The van der Waals surface area contributed by atoms with Crippen molar-refractivity contribution in [1.82, 2.24) is 20.4 Å². The lowest BCUT2D eigenvalue weighted by molar-refractivity contribution is 0.0243. The van der Waals surface area contributed by atoms with Gasteiger partial charge in [-0.15, -0.1) is 0 Å². The fourth-order valence-corrected chi connectivity index (χ4v) is 3.47. The Morgan fingerprint density at radius 1 is 1.38 bits per heavy atom. The second-order valence-electron chi connectivity index (χ2n) is 7.42. The smallest absolute Gasteiger partial charge is 0.191 e. The zero-order valence-electron chi connectivity index (χ0n) is 17.1. The maximum atomic E-state index is 9.50. The highest BCUT2D eigenvalue weighted by molar-refractivity contribution is 5.79. The van der Waals surface area contributed by atoms with Crippen molar-refractivity contribution >= 4 is 11.8 Å². The van der Waals surface area contributed by atoms with Crippen molar-refractivity contribution < 1.29 is 4.74 Å². The first kappa shape index (κ1) is 20.7. The van der Waals surface area contributed by atoms with E-state index in [1.54, 1.807) is 11.7 Å². The number of aliphatic imine (C=N–C) groups is 1. The van der Waals surface area contributed by atoms with Gasteiger partial charge in [-0.1, -0.05) is 18.2 Å². The molecule has 1 aromatic heterocycles. The van der Waals surface area contributed by atoms with E-state index in [-0.39, 0.29) is 5.60 Å². The third kappa shape index (κ3) is 5.06. The van der Waals surface area contributed by atoms with Crippen LogP contribution in [0.3, 0.4) is 0 Å². The van der Waals surface area contributed by atoms with Gasteiger partial charge in [-0.25, -0.2) is 4.68 Å². The lowest BCUT2D eigenvalue weighted by Gasteiger charge is -2.24. The second-order valence-corrected chi connectivity index (χ2v) is 7.42. The Labute approximate surface area is 171 Å². The number of nitrogens with one attached hydrogen (secondary N) is 2. The topological polar surface area (TPSA) is 113 Å². The molecular weight excluding hydrogens is 366 g/mol. The number of nitrogens with zero attached hydrogens (tertiary/aromatic N) is 4. The largest absolute Gasteiger partial charge is 0.382 e. The molecule has 0 bridgehead atoms. The number of anilines is 1. The monoisotopic (exact) mass is 395 g/mol. The predicted octanol–water partition coefficient (Wildman–Crippen LogP) is 1.99. The standard InChI is InChI=1S/C21H29N7O/c1-21(11-7-13-29-21)15-26-20(24-2)25-12-6-10-18-17(14-22)19(23)28(27-18)16-8-4-3-5-9-16/h3-5,8-9H,6-7,10-13,15,23H2,1-2H3,(H2,24,25,26). The maximum Gasteiger partial charge on any atom is 0.191 e. The number of ether oxygens (including phenoxy) is 1. The number of guanidine groups is 1. The van der Waals surface area contributed by atoms with E-state index in [0.717, 1.165) is 44.1 Å². The van der Waals surface area contributed by atoms with Crippen LogP contribution in [-0.4, -0.2) is 48.1 Å². The summed E-state index contributed by atoms with van der Waals surface area (Å²) in [7, 11) is 1.75. The van der Waals surface area contributed by atoms with Crippen LogP contribution in [0, 0.1) is 11.3 Å².